The number of hydrogen-bond donors (Lipinski definition) is 1. The normalized spacial score (nSPS) is 11.8. The molecule has 1 rings (SSSR count). The van der Waals surface area contributed by atoms with Crippen LogP contribution in [0.25, 0.3) is 0 Å². The molecule has 0 fully saturated rings. The zero-order valence-electron chi connectivity index (χ0n) is 12.5. The summed E-state index contributed by atoms with van der Waals surface area (Å²) in [5.74, 6) is -1.12. The molecule has 0 spiro atoms. The van der Waals surface area contributed by atoms with Gasteiger partial charge in [0.2, 0.25) is 10.0 Å². The Morgan fingerprint density at radius 3 is 2.57 bits per heavy atom. The minimum Gasteiger partial charge on any atom is -0.478 e. The van der Waals surface area contributed by atoms with Crippen molar-refractivity contribution in [2.45, 2.75) is 24.7 Å². The Morgan fingerprint density at radius 1 is 1.38 bits per heavy atom. The highest BCUT2D eigenvalue weighted by atomic mass is 32.2. The second-order valence-corrected chi connectivity index (χ2v) is 6.70. The third kappa shape index (κ3) is 4.26. The molecule has 0 heterocycles. The first kappa shape index (κ1) is 17.6. The predicted octanol–water partition coefficient (Wildman–Crippen LogP) is 1.60. The largest absolute Gasteiger partial charge is 0.478 e. The Morgan fingerprint density at radius 2 is 2.05 bits per heavy atom. The summed E-state index contributed by atoms with van der Waals surface area (Å²) in [4.78, 5) is 11.2. The molecule has 0 aliphatic heterocycles. The van der Waals surface area contributed by atoms with Crippen molar-refractivity contribution in [2.75, 3.05) is 27.3 Å². The zero-order valence-corrected chi connectivity index (χ0v) is 13.3. The standard InChI is InChI=1S/C14H21NO5S/c1-4-11-6-7-12(10-13(11)14(16)17)21(18,19)15(2)8-5-9-20-3/h6-7,10H,4-5,8-9H2,1-3H3,(H,16,17). The molecule has 0 unspecified atom stereocenters. The number of aryl methyl sites for hydroxylation is 1. The predicted molar refractivity (Wildman–Crippen MR) is 79.1 cm³/mol. The summed E-state index contributed by atoms with van der Waals surface area (Å²) in [6.07, 6.45) is 1.11. The first-order valence-electron chi connectivity index (χ1n) is 6.66. The molecule has 1 N–H and O–H groups in total. The van der Waals surface area contributed by atoms with Crippen LogP contribution in [0.2, 0.25) is 0 Å². The number of aromatic carboxylic acids is 1. The van der Waals surface area contributed by atoms with Gasteiger partial charge >= 0.3 is 5.97 Å². The van der Waals surface area contributed by atoms with Crippen LogP contribution in [0.1, 0.15) is 29.3 Å². The lowest BCUT2D eigenvalue weighted by Gasteiger charge is -2.17. The fourth-order valence-corrected chi connectivity index (χ4v) is 3.19. The minimum absolute atomic E-state index is 0.00276. The summed E-state index contributed by atoms with van der Waals surface area (Å²) in [5, 5.41) is 9.17. The average Bonchev–Trinajstić information content (AvgIpc) is 2.46. The molecule has 0 aromatic heterocycles. The first-order valence-corrected chi connectivity index (χ1v) is 8.10. The lowest BCUT2D eigenvalue weighted by atomic mass is 10.1. The highest BCUT2D eigenvalue weighted by Crippen LogP contribution is 2.20. The smallest absolute Gasteiger partial charge is 0.336 e. The van der Waals surface area contributed by atoms with E-state index in [1.807, 2.05) is 6.92 Å². The van der Waals surface area contributed by atoms with E-state index in [9.17, 15) is 18.3 Å². The van der Waals surface area contributed by atoms with Crippen molar-refractivity contribution in [1.29, 1.82) is 0 Å². The molecule has 6 nitrogen and oxygen atoms in total. The van der Waals surface area contributed by atoms with E-state index >= 15 is 0 Å². The Kier molecular flexibility index (Phi) is 6.32. The van der Waals surface area contributed by atoms with Crippen molar-refractivity contribution in [2.24, 2.45) is 0 Å². The van der Waals surface area contributed by atoms with Gasteiger partial charge < -0.3 is 9.84 Å². The zero-order chi connectivity index (χ0) is 16.0. The summed E-state index contributed by atoms with van der Waals surface area (Å²) >= 11 is 0. The van der Waals surface area contributed by atoms with Crippen molar-refractivity contribution < 1.29 is 23.1 Å². The number of carboxylic acid groups (broad SMARTS) is 1. The molecule has 0 bridgehead atoms. The van der Waals surface area contributed by atoms with Gasteiger partial charge in [-0.1, -0.05) is 13.0 Å². The molecule has 0 radical (unpaired) electrons. The van der Waals surface area contributed by atoms with E-state index in [2.05, 4.69) is 0 Å². The van der Waals surface area contributed by atoms with Gasteiger partial charge in [-0.05, 0) is 30.5 Å². The van der Waals surface area contributed by atoms with Gasteiger partial charge in [-0.15, -0.1) is 0 Å². The van der Waals surface area contributed by atoms with Crippen LogP contribution in [0, 0.1) is 0 Å². The third-order valence-corrected chi connectivity index (χ3v) is 5.08. The van der Waals surface area contributed by atoms with Crippen molar-refractivity contribution in [3.8, 4) is 0 Å². The molecular weight excluding hydrogens is 294 g/mol. The number of carbonyl (C=O) groups is 1. The SMILES string of the molecule is CCc1ccc(S(=O)(=O)N(C)CCCOC)cc1C(=O)O. The fourth-order valence-electron chi connectivity index (χ4n) is 1.96. The van der Waals surface area contributed by atoms with Crippen LogP contribution >= 0.6 is 0 Å². The topological polar surface area (TPSA) is 83.9 Å². The number of carboxylic acids is 1. The van der Waals surface area contributed by atoms with Crippen LogP contribution in [0.5, 0.6) is 0 Å². The van der Waals surface area contributed by atoms with Crippen LogP contribution in [0.3, 0.4) is 0 Å². The van der Waals surface area contributed by atoms with E-state index in [0.717, 1.165) is 0 Å². The summed E-state index contributed by atoms with van der Waals surface area (Å²) in [6, 6.07) is 4.23. The molecule has 0 amide bonds. The average molecular weight is 315 g/mol. The fraction of sp³-hybridized carbons (Fsp3) is 0.500. The van der Waals surface area contributed by atoms with Gasteiger partial charge in [-0.3, -0.25) is 0 Å². The highest BCUT2D eigenvalue weighted by molar-refractivity contribution is 7.89. The lowest BCUT2D eigenvalue weighted by Crippen LogP contribution is -2.28. The maximum Gasteiger partial charge on any atom is 0.336 e. The molecule has 0 aliphatic rings. The molecule has 0 atom stereocenters. The summed E-state index contributed by atoms with van der Waals surface area (Å²) in [7, 11) is -0.662. The third-order valence-electron chi connectivity index (χ3n) is 3.22. The maximum atomic E-state index is 12.4. The molecule has 0 saturated carbocycles. The lowest BCUT2D eigenvalue weighted by molar-refractivity contribution is 0.0695. The highest BCUT2D eigenvalue weighted by Gasteiger charge is 2.22. The van der Waals surface area contributed by atoms with Gasteiger partial charge in [0.15, 0.2) is 0 Å². The van der Waals surface area contributed by atoms with Crippen molar-refractivity contribution in [1.82, 2.24) is 4.31 Å². The number of methoxy groups -OCH3 is 1. The Hall–Kier alpha value is -1.44. The number of ether oxygens (including phenoxy) is 1. The molecule has 118 valence electrons. The maximum absolute atomic E-state index is 12.4. The second kappa shape index (κ2) is 7.53. The number of rotatable bonds is 8. The number of nitrogens with zero attached hydrogens (tertiary/aromatic N) is 1. The Balaban J connectivity index is 3.08. The minimum atomic E-state index is -3.69. The number of hydrogen-bond acceptors (Lipinski definition) is 4. The number of benzene rings is 1. The van der Waals surface area contributed by atoms with Crippen molar-refractivity contribution >= 4 is 16.0 Å². The quantitative estimate of drug-likeness (QED) is 0.737. The van der Waals surface area contributed by atoms with Crippen LogP contribution < -0.4 is 0 Å². The van der Waals surface area contributed by atoms with E-state index in [1.54, 1.807) is 13.2 Å². The van der Waals surface area contributed by atoms with E-state index in [0.29, 0.717) is 31.6 Å². The monoisotopic (exact) mass is 315 g/mol. The van der Waals surface area contributed by atoms with Crippen molar-refractivity contribution in [3.63, 3.8) is 0 Å². The number of sulfonamides is 1. The van der Waals surface area contributed by atoms with E-state index in [1.165, 1.54) is 23.5 Å². The summed E-state index contributed by atoms with van der Waals surface area (Å²) in [6.45, 7) is 2.61. The van der Waals surface area contributed by atoms with Crippen LogP contribution in [0.15, 0.2) is 23.1 Å². The van der Waals surface area contributed by atoms with Crippen LogP contribution in [-0.2, 0) is 21.2 Å². The Bertz CT molecular complexity index is 597. The van der Waals surface area contributed by atoms with Gasteiger partial charge in [-0.25, -0.2) is 17.5 Å². The summed E-state index contributed by atoms with van der Waals surface area (Å²) in [5.41, 5.74) is 0.646. The first-order chi connectivity index (χ1) is 9.84. The second-order valence-electron chi connectivity index (χ2n) is 4.65. The van der Waals surface area contributed by atoms with E-state index in [-0.39, 0.29) is 10.5 Å². The Labute approximate surface area is 125 Å². The van der Waals surface area contributed by atoms with Gasteiger partial charge in [0.25, 0.3) is 0 Å². The van der Waals surface area contributed by atoms with Crippen LogP contribution in [0.4, 0.5) is 0 Å². The van der Waals surface area contributed by atoms with Gasteiger partial charge in [0.1, 0.15) is 0 Å². The van der Waals surface area contributed by atoms with Gasteiger partial charge in [-0.2, -0.15) is 0 Å². The summed E-state index contributed by atoms with van der Waals surface area (Å²) < 4.78 is 30.9. The van der Waals surface area contributed by atoms with Gasteiger partial charge in [0.05, 0.1) is 10.5 Å². The molecule has 1 aromatic rings. The van der Waals surface area contributed by atoms with Gasteiger partial charge in [0, 0.05) is 27.3 Å². The molecule has 7 heteroatoms. The van der Waals surface area contributed by atoms with Crippen molar-refractivity contribution in [3.05, 3.63) is 29.3 Å². The van der Waals surface area contributed by atoms with Crippen LogP contribution in [-0.4, -0.2) is 51.1 Å². The van der Waals surface area contributed by atoms with E-state index < -0.39 is 16.0 Å². The molecule has 0 aliphatic carbocycles. The molecular formula is C14H21NO5S. The molecule has 21 heavy (non-hydrogen) atoms. The molecule has 1 aromatic carbocycles. The molecule has 0 saturated heterocycles. The van der Waals surface area contributed by atoms with E-state index in [4.69, 9.17) is 4.74 Å².